The molecule has 0 aliphatic rings. The third-order valence-corrected chi connectivity index (χ3v) is 4.71. The molecule has 0 saturated carbocycles. The summed E-state index contributed by atoms with van der Waals surface area (Å²) in [6.45, 7) is 5.79. The van der Waals surface area contributed by atoms with Crippen molar-refractivity contribution in [3.63, 3.8) is 0 Å². The van der Waals surface area contributed by atoms with Gasteiger partial charge in [0.2, 0.25) is 5.91 Å². The van der Waals surface area contributed by atoms with Crippen LogP contribution in [0.1, 0.15) is 19.4 Å². The van der Waals surface area contributed by atoms with Gasteiger partial charge in [0.05, 0.1) is 22.6 Å². The number of thioether (sulfide) groups is 1. The molecule has 0 atom stereocenters. The number of hydrogen-bond donors (Lipinski definition) is 1. The van der Waals surface area contributed by atoms with Gasteiger partial charge in [-0.1, -0.05) is 34.5 Å². The van der Waals surface area contributed by atoms with Crippen LogP contribution in [0, 0.1) is 6.92 Å². The number of aromatic nitrogens is 2. The molecule has 1 heterocycles. The molecular formula is C14H16ClN3O2S2. The zero-order valence-electron chi connectivity index (χ0n) is 12.4. The lowest BCUT2D eigenvalue weighted by atomic mass is 10.2. The van der Waals surface area contributed by atoms with Gasteiger partial charge in [-0.15, -0.1) is 5.10 Å². The predicted molar refractivity (Wildman–Crippen MR) is 91.2 cm³/mol. The van der Waals surface area contributed by atoms with Crippen LogP contribution in [0.4, 0.5) is 5.69 Å². The number of carbonyl (C=O) groups is 1. The number of anilines is 1. The minimum absolute atomic E-state index is 0.0535. The number of nitrogens with zero attached hydrogens (tertiary/aromatic N) is 2. The molecule has 8 heteroatoms. The highest BCUT2D eigenvalue weighted by Crippen LogP contribution is 2.28. The molecule has 0 aliphatic carbocycles. The molecule has 1 N–H and O–H groups in total. The molecule has 0 aliphatic heterocycles. The van der Waals surface area contributed by atoms with Crippen molar-refractivity contribution < 1.29 is 9.53 Å². The van der Waals surface area contributed by atoms with Crippen molar-refractivity contribution in [2.24, 2.45) is 0 Å². The number of rotatable bonds is 6. The zero-order valence-corrected chi connectivity index (χ0v) is 14.8. The summed E-state index contributed by atoms with van der Waals surface area (Å²) in [7, 11) is 0. The summed E-state index contributed by atoms with van der Waals surface area (Å²) in [5, 5.41) is 11.7. The van der Waals surface area contributed by atoms with Crippen LogP contribution in [0.2, 0.25) is 5.02 Å². The number of halogens is 1. The summed E-state index contributed by atoms with van der Waals surface area (Å²) in [4.78, 5) is 11.9. The summed E-state index contributed by atoms with van der Waals surface area (Å²) < 4.78 is 6.13. The largest absolute Gasteiger partial charge is 0.466 e. The summed E-state index contributed by atoms with van der Waals surface area (Å²) in [6, 6.07) is 5.50. The van der Waals surface area contributed by atoms with Gasteiger partial charge in [-0.2, -0.15) is 0 Å². The highest BCUT2D eigenvalue weighted by atomic mass is 35.5. The van der Waals surface area contributed by atoms with Crippen molar-refractivity contribution in [3.8, 4) is 5.19 Å². The van der Waals surface area contributed by atoms with Gasteiger partial charge in [-0.25, -0.2) is 0 Å². The van der Waals surface area contributed by atoms with E-state index in [9.17, 15) is 4.79 Å². The Labute approximate surface area is 142 Å². The van der Waals surface area contributed by atoms with Crippen LogP contribution in [0.25, 0.3) is 0 Å². The van der Waals surface area contributed by atoms with Crippen LogP contribution in [-0.2, 0) is 4.79 Å². The Balaban J connectivity index is 1.86. The van der Waals surface area contributed by atoms with Crippen LogP contribution < -0.4 is 10.1 Å². The van der Waals surface area contributed by atoms with Gasteiger partial charge >= 0.3 is 0 Å². The normalized spacial score (nSPS) is 10.8. The molecule has 0 unspecified atom stereocenters. The standard InChI is InChI=1S/C14H16ClN3O2S2/c1-8(2)20-13-17-18-14(22-13)21-7-12(19)16-11-5-4-9(3)6-10(11)15/h4-6,8H,7H2,1-3H3,(H,16,19). The van der Waals surface area contributed by atoms with Crippen molar-refractivity contribution in [1.82, 2.24) is 10.2 Å². The first-order valence-corrected chi connectivity index (χ1v) is 8.81. The molecule has 0 saturated heterocycles. The van der Waals surface area contributed by atoms with Crippen molar-refractivity contribution in [2.45, 2.75) is 31.2 Å². The van der Waals surface area contributed by atoms with E-state index in [-0.39, 0.29) is 17.8 Å². The first kappa shape index (κ1) is 17.1. The van der Waals surface area contributed by atoms with E-state index in [1.54, 1.807) is 6.07 Å². The third kappa shape index (κ3) is 5.15. The number of carbonyl (C=O) groups excluding carboxylic acids is 1. The molecule has 0 fully saturated rings. The Morgan fingerprint density at radius 2 is 2.23 bits per heavy atom. The Morgan fingerprint density at radius 1 is 1.45 bits per heavy atom. The fourth-order valence-electron chi connectivity index (χ4n) is 1.54. The molecule has 1 aromatic carbocycles. The number of amides is 1. The minimum Gasteiger partial charge on any atom is -0.466 e. The van der Waals surface area contributed by atoms with Crippen LogP contribution in [-0.4, -0.2) is 28.0 Å². The lowest BCUT2D eigenvalue weighted by Crippen LogP contribution is -2.14. The Kier molecular flexibility index (Phi) is 6.05. The zero-order chi connectivity index (χ0) is 16.1. The molecule has 2 rings (SSSR count). The molecule has 0 bridgehead atoms. The average Bonchev–Trinajstić information content (AvgIpc) is 2.86. The number of hydrogen-bond acceptors (Lipinski definition) is 6. The molecular weight excluding hydrogens is 342 g/mol. The second kappa shape index (κ2) is 7.80. The van der Waals surface area contributed by atoms with Crippen LogP contribution in [0.3, 0.4) is 0 Å². The molecule has 22 heavy (non-hydrogen) atoms. The number of aryl methyl sites for hydroxylation is 1. The average molecular weight is 358 g/mol. The van der Waals surface area contributed by atoms with E-state index in [1.165, 1.54) is 23.1 Å². The quantitative estimate of drug-likeness (QED) is 0.791. The predicted octanol–water partition coefficient (Wildman–Crippen LogP) is 4.02. The van der Waals surface area contributed by atoms with E-state index in [4.69, 9.17) is 16.3 Å². The Bertz CT molecular complexity index is 661. The smallest absolute Gasteiger partial charge is 0.295 e. The number of ether oxygens (including phenoxy) is 1. The molecule has 2 aromatic rings. The molecule has 0 radical (unpaired) electrons. The van der Waals surface area contributed by atoms with Crippen molar-refractivity contribution >= 4 is 46.3 Å². The molecule has 118 valence electrons. The maximum atomic E-state index is 11.9. The monoisotopic (exact) mass is 357 g/mol. The van der Waals surface area contributed by atoms with Crippen molar-refractivity contribution in [1.29, 1.82) is 0 Å². The maximum Gasteiger partial charge on any atom is 0.295 e. The fraction of sp³-hybridized carbons (Fsp3) is 0.357. The summed E-state index contributed by atoms with van der Waals surface area (Å²) in [5.41, 5.74) is 1.66. The fourth-order valence-corrected chi connectivity index (χ4v) is 3.43. The van der Waals surface area contributed by atoms with Crippen LogP contribution in [0.5, 0.6) is 5.19 Å². The highest BCUT2D eigenvalue weighted by Gasteiger charge is 2.11. The summed E-state index contributed by atoms with van der Waals surface area (Å²) >= 11 is 8.73. The van der Waals surface area contributed by atoms with Gasteiger partial charge in [0, 0.05) is 0 Å². The van der Waals surface area contributed by atoms with Gasteiger partial charge in [0.1, 0.15) is 0 Å². The van der Waals surface area contributed by atoms with E-state index in [2.05, 4.69) is 15.5 Å². The van der Waals surface area contributed by atoms with Crippen LogP contribution >= 0.6 is 34.7 Å². The first-order valence-electron chi connectivity index (χ1n) is 6.63. The Morgan fingerprint density at radius 3 is 2.91 bits per heavy atom. The van der Waals surface area contributed by atoms with Crippen molar-refractivity contribution in [2.75, 3.05) is 11.1 Å². The highest BCUT2D eigenvalue weighted by molar-refractivity contribution is 8.01. The third-order valence-electron chi connectivity index (χ3n) is 2.45. The van der Waals surface area contributed by atoms with Crippen LogP contribution in [0.15, 0.2) is 22.5 Å². The SMILES string of the molecule is Cc1ccc(NC(=O)CSc2nnc(OC(C)C)s2)c(Cl)c1. The second-order valence-corrected chi connectivity index (χ2v) is 7.39. The van der Waals surface area contributed by atoms with E-state index < -0.39 is 0 Å². The molecule has 5 nitrogen and oxygen atoms in total. The van der Waals surface area contributed by atoms with Gasteiger partial charge in [0.25, 0.3) is 5.19 Å². The molecule has 1 aromatic heterocycles. The van der Waals surface area contributed by atoms with Crippen molar-refractivity contribution in [3.05, 3.63) is 28.8 Å². The minimum atomic E-state index is -0.141. The van der Waals surface area contributed by atoms with E-state index in [0.717, 1.165) is 5.56 Å². The lowest BCUT2D eigenvalue weighted by Gasteiger charge is -2.07. The Hall–Kier alpha value is -1.31. The number of nitrogens with one attached hydrogen (secondary N) is 1. The lowest BCUT2D eigenvalue weighted by molar-refractivity contribution is -0.113. The van der Waals surface area contributed by atoms with E-state index >= 15 is 0 Å². The van der Waals surface area contributed by atoms with Gasteiger partial charge in [0.15, 0.2) is 4.34 Å². The van der Waals surface area contributed by atoms with E-state index in [1.807, 2.05) is 32.9 Å². The van der Waals surface area contributed by atoms with Gasteiger partial charge in [-0.05, 0) is 49.8 Å². The summed E-state index contributed by atoms with van der Waals surface area (Å²) in [5.74, 6) is 0.0952. The maximum absolute atomic E-state index is 11.9. The topological polar surface area (TPSA) is 64.1 Å². The summed E-state index contributed by atoms with van der Waals surface area (Å²) in [6.07, 6.45) is 0.0535. The molecule has 1 amide bonds. The van der Waals surface area contributed by atoms with E-state index in [0.29, 0.717) is 20.2 Å². The first-order chi connectivity index (χ1) is 10.4. The van der Waals surface area contributed by atoms with Gasteiger partial charge < -0.3 is 10.1 Å². The second-order valence-electron chi connectivity index (χ2n) is 4.82. The van der Waals surface area contributed by atoms with Gasteiger partial charge in [-0.3, -0.25) is 4.79 Å². The molecule has 0 spiro atoms. The number of benzene rings is 1.